The van der Waals surface area contributed by atoms with Crippen LogP contribution in [0.3, 0.4) is 0 Å². The Morgan fingerprint density at radius 1 is 1.50 bits per heavy atom. The molecule has 1 aromatic heterocycles. The number of rotatable bonds is 2. The molecule has 78 valence electrons. The van der Waals surface area contributed by atoms with Crippen LogP contribution in [0.15, 0.2) is 15.9 Å². The lowest BCUT2D eigenvalue weighted by Crippen LogP contribution is -2.33. The molecule has 1 aliphatic rings. The third-order valence-electron chi connectivity index (χ3n) is 2.08. The molecule has 0 radical (unpaired) electrons. The van der Waals surface area contributed by atoms with Gasteiger partial charge in [0.15, 0.2) is 0 Å². The van der Waals surface area contributed by atoms with Crippen molar-refractivity contribution in [3.63, 3.8) is 0 Å². The van der Waals surface area contributed by atoms with E-state index in [0.717, 1.165) is 8.66 Å². The van der Waals surface area contributed by atoms with E-state index in [2.05, 4.69) is 15.9 Å². The van der Waals surface area contributed by atoms with Crippen molar-refractivity contribution in [2.45, 2.75) is 12.2 Å². The van der Waals surface area contributed by atoms with E-state index < -0.39 is 6.10 Å². The first-order chi connectivity index (χ1) is 6.77. The Balaban J connectivity index is 2.03. The van der Waals surface area contributed by atoms with Gasteiger partial charge in [0, 0.05) is 4.88 Å². The van der Waals surface area contributed by atoms with Crippen molar-refractivity contribution in [3.05, 3.63) is 20.8 Å². The van der Waals surface area contributed by atoms with E-state index in [9.17, 15) is 5.11 Å². The highest BCUT2D eigenvalue weighted by atomic mass is 79.9. The number of hydrogen-bond donors (Lipinski definition) is 1. The van der Waals surface area contributed by atoms with Crippen LogP contribution in [0.1, 0.15) is 11.0 Å². The van der Waals surface area contributed by atoms with Gasteiger partial charge in [-0.15, -0.1) is 11.3 Å². The molecule has 0 saturated carbocycles. The van der Waals surface area contributed by atoms with Crippen LogP contribution in [0.2, 0.25) is 0 Å². The van der Waals surface area contributed by atoms with E-state index in [-0.39, 0.29) is 6.10 Å². The van der Waals surface area contributed by atoms with E-state index in [1.54, 1.807) is 0 Å². The smallest absolute Gasteiger partial charge is 0.117 e. The van der Waals surface area contributed by atoms with Crippen LogP contribution in [0, 0.1) is 0 Å². The summed E-state index contributed by atoms with van der Waals surface area (Å²) < 4.78 is 11.7. The van der Waals surface area contributed by atoms with E-state index in [1.165, 1.54) is 11.3 Å². The Hall–Kier alpha value is 0.0600. The van der Waals surface area contributed by atoms with Gasteiger partial charge in [-0.25, -0.2) is 0 Å². The Morgan fingerprint density at radius 3 is 2.93 bits per heavy atom. The summed E-state index contributed by atoms with van der Waals surface area (Å²) in [6.45, 7) is 1.66. The summed E-state index contributed by atoms with van der Waals surface area (Å²) in [5.74, 6) is 0. The van der Waals surface area contributed by atoms with Crippen molar-refractivity contribution in [1.82, 2.24) is 0 Å². The molecule has 0 aromatic carbocycles. The Kier molecular flexibility index (Phi) is 3.57. The Bertz CT molecular complexity index is 296. The summed E-state index contributed by atoms with van der Waals surface area (Å²) in [6.07, 6.45) is -0.805. The molecule has 1 aliphatic heterocycles. The number of hydrogen-bond acceptors (Lipinski definition) is 4. The lowest BCUT2D eigenvalue weighted by atomic mass is 10.2. The second kappa shape index (κ2) is 4.72. The fraction of sp³-hybridized carbons (Fsp3) is 0.556. The van der Waals surface area contributed by atoms with Gasteiger partial charge in [0.05, 0.1) is 23.6 Å². The molecular formula is C9H11BrO3S. The van der Waals surface area contributed by atoms with E-state index in [0.29, 0.717) is 19.8 Å². The van der Waals surface area contributed by atoms with Crippen molar-refractivity contribution in [2.24, 2.45) is 0 Å². The lowest BCUT2D eigenvalue weighted by Gasteiger charge is -2.26. The quantitative estimate of drug-likeness (QED) is 0.899. The third kappa shape index (κ3) is 2.35. The average molecular weight is 279 g/mol. The second-order valence-corrected chi connectivity index (χ2v) is 5.57. The maximum Gasteiger partial charge on any atom is 0.117 e. The highest BCUT2D eigenvalue weighted by Gasteiger charge is 2.25. The molecule has 2 rings (SSSR count). The predicted molar refractivity (Wildman–Crippen MR) is 57.5 cm³/mol. The molecule has 0 spiro atoms. The Labute approximate surface area is 94.8 Å². The second-order valence-electron chi connectivity index (χ2n) is 3.07. The average Bonchev–Trinajstić information content (AvgIpc) is 2.65. The highest BCUT2D eigenvalue weighted by molar-refractivity contribution is 9.11. The van der Waals surface area contributed by atoms with Gasteiger partial charge in [-0.2, -0.15) is 0 Å². The molecule has 2 unspecified atom stereocenters. The molecule has 2 heterocycles. The van der Waals surface area contributed by atoms with Gasteiger partial charge in [0.2, 0.25) is 0 Å². The van der Waals surface area contributed by atoms with Crippen LogP contribution in [0.5, 0.6) is 0 Å². The van der Waals surface area contributed by atoms with Crippen molar-refractivity contribution in [3.8, 4) is 0 Å². The summed E-state index contributed by atoms with van der Waals surface area (Å²) in [5, 5.41) is 9.94. The summed E-state index contributed by atoms with van der Waals surface area (Å²) in [7, 11) is 0. The normalized spacial score (nSPS) is 24.9. The van der Waals surface area contributed by atoms with Crippen LogP contribution in [-0.4, -0.2) is 31.0 Å². The molecule has 14 heavy (non-hydrogen) atoms. The molecule has 1 aromatic rings. The van der Waals surface area contributed by atoms with Gasteiger partial charge in [0.25, 0.3) is 0 Å². The lowest BCUT2D eigenvalue weighted by molar-refractivity contribution is -0.132. The SMILES string of the molecule is OC(c1ccc(Br)s1)C1COCCO1. The van der Waals surface area contributed by atoms with E-state index in [4.69, 9.17) is 9.47 Å². The fourth-order valence-electron chi connectivity index (χ4n) is 1.36. The molecular weight excluding hydrogens is 268 g/mol. The van der Waals surface area contributed by atoms with Crippen LogP contribution >= 0.6 is 27.3 Å². The maximum atomic E-state index is 9.94. The van der Waals surface area contributed by atoms with Crippen LogP contribution < -0.4 is 0 Å². The summed E-state index contributed by atoms with van der Waals surface area (Å²) in [4.78, 5) is 0.910. The highest BCUT2D eigenvalue weighted by Crippen LogP contribution is 2.30. The first-order valence-electron chi connectivity index (χ1n) is 4.40. The third-order valence-corrected chi connectivity index (χ3v) is 3.77. The zero-order valence-corrected chi connectivity index (χ0v) is 9.88. The minimum Gasteiger partial charge on any atom is -0.385 e. The van der Waals surface area contributed by atoms with E-state index >= 15 is 0 Å². The molecule has 0 aliphatic carbocycles. The summed E-state index contributed by atoms with van der Waals surface area (Å²) in [5.41, 5.74) is 0. The number of ether oxygens (including phenoxy) is 2. The van der Waals surface area contributed by atoms with Crippen LogP contribution in [0.4, 0.5) is 0 Å². The number of aliphatic hydroxyl groups is 1. The first kappa shape index (κ1) is 10.6. The molecule has 1 fully saturated rings. The topological polar surface area (TPSA) is 38.7 Å². The molecule has 2 atom stereocenters. The number of halogens is 1. The summed E-state index contributed by atoms with van der Waals surface area (Å²) in [6, 6.07) is 3.82. The van der Waals surface area contributed by atoms with E-state index in [1.807, 2.05) is 12.1 Å². The van der Waals surface area contributed by atoms with Crippen LogP contribution in [0.25, 0.3) is 0 Å². The van der Waals surface area contributed by atoms with Crippen molar-refractivity contribution in [2.75, 3.05) is 19.8 Å². The molecule has 0 amide bonds. The Morgan fingerprint density at radius 2 is 2.36 bits per heavy atom. The van der Waals surface area contributed by atoms with Gasteiger partial charge in [0.1, 0.15) is 12.2 Å². The molecule has 1 saturated heterocycles. The molecule has 3 nitrogen and oxygen atoms in total. The first-order valence-corrected chi connectivity index (χ1v) is 6.01. The predicted octanol–water partition coefficient (Wildman–Crippen LogP) is 1.96. The van der Waals surface area contributed by atoms with Gasteiger partial charge in [-0.05, 0) is 28.1 Å². The van der Waals surface area contributed by atoms with Crippen molar-refractivity contribution >= 4 is 27.3 Å². The number of thiophene rings is 1. The van der Waals surface area contributed by atoms with Crippen LogP contribution in [-0.2, 0) is 9.47 Å². The van der Waals surface area contributed by atoms with Crippen molar-refractivity contribution in [1.29, 1.82) is 0 Å². The van der Waals surface area contributed by atoms with Gasteiger partial charge < -0.3 is 14.6 Å². The molecule has 1 N–H and O–H groups in total. The largest absolute Gasteiger partial charge is 0.385 e. The standard InChI is InChI=1S/C9H11BrO3S/c10-8-2-1-7(14-8)9(11)6-5-12-3-4-13-6/h1-2,6,9,11H,3-5H2. The minimum absolute atomic E-state index is 0.228. The number of aliphatic hydroxyl groups excluding tert-OH is 1. The fourth-order valence-corrected chi connectivity index (χ4v) is 2.82. The zero-order chi connectivity index (χ0) is 9.97. The maximum absolute atomic E-state index is 9.94. The van der Waals surface area contributed by atoms with Gasteiger partial charge in [-0.3, -0.25) is 0 Å². The van der Waals surface area contributed by atoms with Gasteiger partial charge >= 0.3 is 0 Å². The summed E-state index contributed by atoms with van der Waals surface area (Å²) >= 11 is 4.88. The zero-order valence-electron chi connectivity index (χ0n) is 7.48. The minimum atomic E-state index is -0.577. The van der Waals surface area contributed by atoms with Crippen molar-refractivity contribution < 1.29 is 14.6 Å². The molecule has 0 bridgehead atoms. The molecule has 5 heteroatoms. The van der Waals surface area contributed by atoms with Gasteiger partial charge in [-0.1, -0.05) is 0 Å². The monoisotopic (exact) mass is 278 g/mol.